The Hall–Kier alpha value is -4.90. The van der Waals surface area contributed by atoms with Gasteiger partial charge in [-0.15, -0.1) is 0 Å². The first-order valence-electron chi connectivity index (χ1n) is 15.7. The van der Waals surface area contributed by atoms with Crippen LogP contribution in [0.5, 0.6) is 5.75 Å². The summed E-state index contributed by atoms with van der Waals surface area (Å²) in [6.07, 6.45) is 1.87. The second kappa shape index (κ2) is 9.07. The predicted octanol–water partition coefficient (Wildman–Crippen LogP) is 9.89. The number of benzene rings is 4. The summed E-state index contributed by atoms with van der Waals surface area (Å²) in [6.45, 7) is 15.9. The first-order chi connectivity index (χ1) is 21.4. The fourth-order valence-electron chi connectivity index (χ4n) is 7.36. The van der Waals surface area contributed by atoms with E-state index in [0.29, 0.717) is 0 Å². The lowest BCUT2D eigenvalue weighted by Crippen LogP contribution is -2.48. The van der Waals surface area contributed by atoms with Crippen molar-refractivity contribution in [2.75, 3.05) is 0 Å². The lowest BCUT2D eigenvalue weighted by atomic mass is 9.65. The van der Waals surface area contributed by atoms with Crippen LogP contribution in [0.1, 0.15) is 59.6 Å². The number of hydrogen-bond donors (Lipinski definition) is 1. The normalized spacial score (nSPS) is 15.4. The van der Waals surface area contributed by atoms with Gasteiger partial charge < -0.3 is 9.67 Å². The van der Waals surface area contributed by atoms with Crippen LogP contribution in [-0.4, -0.2) is 24.2 Å². The van der Waals surface area contributed by atoms with Crippen LogP contribution in [0.25, 0.3) is 61.2 Å². The zero-order valence-electron chi connectivity index (χ0n) is 27.0. The molecule has 224 valence electrons. The maximum absolute atomic E-state index is 11.2. The third kappa shape index (κ3) is 3.73. The highest BCUT2D eigenvalue weighted by atomic mass is 16.3. The molecule has 0 unspecified atom stereocenters. The Morgan fingerprint density at radius 2 is 1.49 bits per heavy atom. The third-order valence-corrected chi connectivity index (χ3v) is 10.5. The molecular weight excluding hydrogens is 552 g/mol. The molecule has 0 spiro atoms. The van der Waals surface area contributed by atoms with Gasteiger partial charge in [0.15, 0.2) is 0 Å². The van der Waals surface area contributed by atoms with Gasteiger partial charge in [-0.05, 0) is 78.4 Å². The van der Waals surface area contributed by atoms with Gasteiger partial charge in [-0.3, -0.25) is 4.57 Å². The molecule has 4 heterocycles. The van der Waals surface area contributed by atoms with E-state index >= 15 is 0 Å². The van der Waals surface area contributed by atoms with Crippen LogP contribution in [-0.2, 0) is 16.4 Å². The van der Waals surface area contributed by atoms with Crippen molar-refractivity contribution in [3.05, 3.63) is 108 Å². The number of rotatable bonds is 2. The number of aromatic nitrogens is 4. The molecule has 7 aromatic rings. The number of para-hydroxylation sites is 2. The van der Waals surface area contributed by atoms with E-state index in [1.807, 2.05) is 18.3 Å². The standard InChI is InChI=1S/C40H38N4O/c1-38(2,3)25-21-24(22-26(23-25)43-31-17-9-8-13-28(31)29-15-12-20-41-36(29)43)27-14-10-18-32-35(27)42-37-34-30(16-11-19-33(34)45)39(4,5)40(6,7)44(32)37/h8-23,45H,1-7H3. The van der Waals surface area contributed by atoms with E-state index in [0.717, 1.165) is 61.3 Å². The third-order valence-electron chi connectivity index (χ3n) is 10.5. The SMILES string of the molecule is CC(C)(C)c1cc(-c2cccc3c2nc2n3C(C)(C)C(C)(C)c3cccc(O)c3-2)cc(-n2c3ccccc3c3cccnc32)c1. The minimum Gasteiger partial charge on any atom is -0.507 e. The number of aromatic hydroxyl groups is 1. The topological polar surface area (TPSA) is 55.9 Å². The Labute approximate surface area is 263 Å². The van der Waals surface area contributed by atoms with E-state index in [1.54, 1.807) is 6.07 Å². The fourth-order valence-corrected chi connectivity index (χ4v) is 7.36. The molecule has 0 atom stereocenters. The summed E-state index contributed by atoms with van der Waals surface area (Å²) in [6, 6.07) is 32.0. The van der Waals surface area contributed by atoms with Crippen LogP contribution in [0.3, 0.4) is 0 Å². The van der Waals surface area contributed by atoms with Crippen LogP contribution in [0, 0.1) is 0 Å². The van der Waals surface area contributed by atoms with E-state index in [1.165, 1.54) is 10.9 Å². The molecule has 5 heteroatoms. The minimum atomic E-state index is -0.302. The highest BCUT2D eigenvalue weighted by Gasteiger charge is 2.48. The van der Waals surface area contributed by atoms with Gasteiger partial charge in [-0.25, -0.2) is 9.97 Å². The smallest absolute Gasteiger partial charge is 0.145 e. The Morgan fingerprint density at radius 1 is 0.756 bits per heavy atom. The molecule has 0 radical (unpaired) electrons. The van der Waals surface area contributed by atoms with Crippen molar-refractivity contribution in [2.24, 2.45) is 0 Å². The number of imidazole rings is 1. The number of phenols is 1. The lowest BCUT2D eigenvalue weighted by Gasteiger charge is -2.48. The van der Waals surface area contributed by atoms with Gasteiger partial charge in [-0.1, -0.05) is 83.1 Å². The molecule has 0 fully saturated rings. The van der Waals surface area contributed by atoms with E-state index < -0.39 is 0 Å². The molecule has 0 saturated heterocycles. The van der Waals surface area contributed by atoms with Crippen LogP contribution in [0.15, 0.2) is 97.2 Å². The van der Waals surface area contributed by atoms with Crippen LogP contribution < -0.4 is 0 Å². The fraction of sp³-hybridized carbons (Fsp3) is 0.250. The van der Waals surface area contributed by atoms with Gasteiger partial charge in [-0.2, -0.15) is 0 Å². The minimum absolute atomic E-state index is 0.0883. The molecule has 4 aromatic carbocycles. The maximum atomic E-state index is 11.2. The molecular formula is C40H38N4O. The van der Waals surface area contributed by atoms with Crippen LogP contribution >= 0.6 is 0 Å². The zero-order chi connectivity index (χ0) is 31.5. The highest BCUT2D eigenvalue weighted by Crippen LogP contribution is 2.54. The maximum Gasteiger partial charge on any atom is 0.145 e. The molecule has 0 aliphatic carbocycles. The van der Waals surface area contributed by atoms with Crippen LogP contribution in [0.4, 0.5) is 0 Å². The quantitative estimate of drug-likeness (QED) is 0.218. The van der Waals surface area contributed by atoms with E-state index in [-0.39, 0.29) is 22.1 Å². The summed E-state index contributed by atoms with van der Waals surface area (Å²) in [7, 11) is 0. The predicted molar refractivity (Wildman–Crippen MR) is 185 cm³/mol. The Balaban J connectivity index is 1.45. The van der Waals surface area contributed by atoms with Gasteiger partial charge in [0, 0.05) is 33.6 Å². The van der Waals surface area contributed by atoms with Gasteiger partial charge >= 0.3 is 0 Å². The summed E-state index contributed by atoms with van der Waals surface area (Å²) in [5.41, 5.74) is 9.88. The molecule has 1 aliphatic heterocycles. The molecule has 0 amide bonds. The monoisotopic (exact) mass is 590 g/mol. The lowest BCUT2D eigenvalue weighted by molar-refractivity contribution is 0.201. The summed E-state index contributed by atoms with van der Waals surface area (Å²) in [5.74, 6) is 1.08. The van der Waals surface area contributed by atoms with E-state index in [2.05, 4.69) is 130 Å². The van der Waals surface area contributed by atoms with Crippen molar-refractivity contribution in [2.45, 2.75) is 64.8 Å². The summed E-state index contributed by atoms with van der Waals surface area (Å²) >= 11 is 0. The zero-order valence-corrected chi connectivity index (χ0v) is 27.0. The second-order valence-electron chi connectivity index (χ2n) is 14.6. The molecule has 3 aromatic heterocycles. The van der Waals surface area contributed by atoms with Gasteiger partial charge in [0.2, 0.25) is 0 Å². The van der Waals surface area contributed by atoms with Crippen molar-refractivity contribution in [3.8, 4) is 34.0 Å². The van der Waals surface area contributed by atoms with Crippen molar-refractivity contribution < 1.29 is 5.11 Å². The molecule has 8 rings (SSSR count). The van der Waals surface area contributed by atoms with E-state index in [4.69, 9.17) is 9.97 Å². The average molecular weight is 591 g/mol. The summed E-state index contributed by atoms with van der Waals surface area (Å²) < 4.78 is 4.64. The van der Waals surface area contributed by atoms with Crippen LogP contribution in [0.2, 0.25) is 0 Å². The Bertz CT molecular complexity index is 2270. The van der Waals surface area contributed by atoms with Crippen molar-refractivity contribution >= 4 is 33.0 Å². The van der Waals surface area contributed by atoms with Crippen molar-refractivity contribution in [1.29, 1.82) is 0 Å². The summed E-state index contributed by atoms with van der Waals surface area (Å²) in [5, 5.41) is 13.5. The van der Waals surface area contributed by atoms with Crippen molar-refractivity contribution in [3.63, 3.8) is 0 Å². The van der Waals surface area contributed by atoms with Crippen molar-refractivity contribution in [1.82, 2.24) is 19.1 Å². The molecule has 1 N–H and O–H groups in total. The van der Waals surface area contributed by atoms with E-state index in [9.17, 15) is 5.11 Å². The molecule has 45 heavy (non-hydrogen) atoms. The largest absolute Gasteiger partial charge is 0.507 e. The molecule has 5 nitrogen and oxygen atoms in total. The number of nitrogens with zero attached hydrogens (tertiary/aromatic N) is 4. The van der Waals surface area contributed by atoms with Gasteiger partial charge in [0.05, 0.1) is 27.7 Å². The Kier molecular flexibility index (Phi) is 5.57. The average Bonchev–Trinajstić information content (AvgIpc) is 3.56. The number of pyridine rings is 1. The first-order valence-corrected chi connectivity index (χ1v) is 15.7. The highest BCUT2D eigenvalue weighted by molar-refractivity contribution is 6.08. The number of phenolic OH excluding ortho intramolecular Hbond substituents is 1. The summed E-state index contributed by atoms with van der Waals surface area (Å²) in [4.78, 5) is 10.2. The number of fused-ring (bicyclic) bond motifs is 8. The first kappa shape index (κ1) is 27.6. The number of hydrogen-bond acceptors (Lipinski definition) is 3. The van der Waals surface area contributed by atoms with Gasteiger partial charge in [0.1, 0.15) is 17.2 Å². The molecule has 1 aliphatic rings. The Morgan fingerprint density at radius 3 is 2.29 bits per heavy atom. The molecule has 0 bridgehead atoms. The van der Waals surface area contributed by atoms with Gasteiger partial charge in [0.25, 0.3) is 0 Å². The molecule has 0 saturated carbocycles. The second-order valence-corrected chi connectivity index (χ2v) is 14.6.